The lowest BCUT2D eigenvalue weighted by atomic mass is 9.87. The highest BCUT2D eigenvalue weighted by atomic mass is 16.6. The number of oxime groups is 1. The van der Waals surface area contributed by atoms with E-state index in [0.717, 1.165) is 5.69 Å². The minimum atomic E-state index is -0.560. The molecule has 1 aromatic rings. The smallest absolute Gasteiger partial charge is 0.144 e. The van der Waals surface area contributed by atoms with Gasteiger partial charge >= 0.3 is 0 Å². The molecule has 4 heteroatoms. The first kappa shape index (κ1) is 17.3. The summed E-state index contributed by atoms with van der Waals surface area (Å²) >= 11 is 0. The van der Waals surface area contributed by atoms with Gasteiger partial charge in [0.25, 0.3) is 0 Å². The number of benzene rings is 1. The number of nitrogens with zero attached hydrogens (tertiary/aromatic N) is 1. The zero-order valence-electron chi connectivity index (χ0n) is 15.1. The summed E-state index contributed by atoms with van der Waals surface area (Å²) in [6, 6.07) is 8.38. The van der Waals surface area contributed by atoms with Crippen LogP contribution in [0.25, 0.3) is 0 Å². The predicted octanol–water partition coefficient (Wildman–Crippen LogP) is 3.95. The SMILES string of the molecule is CC(C)(C)c1ccc(NC[C@@H](O)CON=C(C2CC2)C2CC2)cc1. The van der Waals surface area contributed by atoms with Crippen LogP contribution in [0, 0.1) is 11.8 Å². The summed E-state index contributed by atoms with van der Waals surface area (Å²) < 4.78 is 0. The van der Waals surface area contributed by atoms with Gasteiger partial charge in [-0.2, -0.15) is 0 Å². The molecule has 1 aromatic carbocycles. The van der Waals surface area contributed by atoms with E-state index in [1.807, 2.05) is 0 Å². The van der Waals surface area contributed by atoms with Crippen molar-refractivity contribution in [2.45, 2.75) is 58.0 Å². The monoisotopic (exact) mass is 330 g/mol. The number of hydrogen-bond donors (Lipinski definition) is 2. The lowest BCUT2D eigenvalue weighted by Crippen LogP contribution is -2.24. The van der Waals surface area contributed by atoms with Gasteiger partial charge in [-0.05, 0) is 48.8 Å². The van der Waals surface area contributed by atoms with Crippen LogP contribution in [0.15, 0.2) is 29.4 Å². The van der Waals surface area contributed by atoms with E-state index in [1.165, 1.54) is 37.0 Å². The van der Waals surface area contributed by atoms with Gasteiger partial charge in [-0.25, -0.2) is 0 Å². The molecule has 0 radical (unpaired) electrons. The molecular formula is C20H30N2O2. The van der Waals surface area contributed by atoms with E-state index < -0.39 is 6.10 Å². The summed E-state index contributed by atoms with van der Waals surface area (Å²) in [4.78, 5) is 5.41. The third kappa shape index (κ3) is 4.97. The lowest BCUT2D eigenvalue weighted by molar-refractivity contribution is 0.0461. The molecule has 0 spiro atoms. The largest absolute Gasteiger partial charge is 0.393 e. The van der Waals surface area contributed by atoms with Crippen molar-refractivity contribution in [1.29, 1.82) is 0 Å². The molecule has 2 N–H and O–H groups in total. The fourth-order valence-corrected chi connectivity index (χ4v) is 2.82. The van der Waals surface area contributed by atoms with E-state index in [9.17, 15) is 5.11 Å². The van der Waals surface area contributed by atoms with Crippen molar-refractivity contribution < 1.29 is 9.94 Å². The van der Waals surface area contributed by atoms with Crippen LogP contribution in [-0.4, -0.2) is 30.1 Å². The molecule has 0 aromatic heterocycles. The Balaban J connectivity index is 1.40. The zero-order valence-corrected chi connectivity index (χ0v) is 15.1. The van der Waals surface area contributed by atoms with Gasteiger partial charge in [0.2, 0.25) is 0 Å². The normalized spacial score (nSPS) is 18.8. The van der Waals surface area contributed by atoms with Crippen LogP contribution in [0.1, 0.15) is 52.0 Å². The Morgan fingerprint density at radius 3 is 2.25 bits per heavy atom. The quantitative estimate of drug-likeness (QED) is 0.560. The van der Waals surface area contributed by atoms with Crippen LogP contribution in [-0.2, 0) is 10.3 Å². The number of hydrogen-bond acceptors (Lipinski definition) is 4. The minimum absolute atomic E-state index is 0.157. The second-order valence-electron chi connectivity index (χ2n) is 8.22. The van der Waals surface area contributed by atoms with Crippen molar-refractivity contribution in [2.24, 2.45) is 17.0 Å². The molecule has 0 aliphatic heterocycles. The molecule has 0 unspecified atom stereocenters. The molecule has 4 nitrogen and oxygen atoms in total. The second kappa shape index (κ2) is 7.14. The third-order valence-electron chi connectivity index (χ3n) is 4.72. The molecule has 0 saturated heterocycles. The van der Waals surface area contributed by atoms with Crippen LogP contribution in [0.3, 0.4) is 0 Å². The van der Waals surface area contributed by atoms with E-state index in [1.54, 1.807) is 0 Å². The van der Waals surface area contributed by atoms with Gasteiger partial charge in [-0.3, -0.25) is 0 Å². The number of anilines is 1. The Morgan fingerprint density at radius 2 is 1.75 bits per heavy atom. The minimum Gasteiger partial charge on any atom is -0.393 e. The standard InChI is InChI=1S/C20H30N2O2/c1-20(2,3)16-8-10-17(11-9-16)21-12-18(23)13-24-22-19(14-4-5-14)15-6-7-15/h8-11,14-15,18,21,23H,4-7,12-13H2,1-3H3/t18-/m1/s1. The summed E-state index contributed by atoms with van der Waals surface area (Å²) in [7, 11) is 0. The van der Waals surface area contributed by atoms with Crippen molar-refractivity contribution in [3.8, 4) is 0 Å². The summed E-state index contributed by atoms with van der Waals surface area (Å²) in [5.74, 6) is 1.32. The van der Waals surface area contributed by atoms with E-state index in [-0.39, 0.29) is 12.0 Å². The van der Waals surface area contributed by atoms with Crippen LogP contribution >= 0.6 is 0 Å². The second-order valence-corrected chi connectivity index (χ2v) is 8.22. The van der Waals surface area contributed by atoms with Crippen molar-refractivity contribution in [3.63, 3.8) is 0 Å². The molecular weight excluding hydrogens is 300 g/mol. The molecule has 1 atom stereocenters. The van der Waals surface area contributed by atoms with E-state index in [2.05, 4.69) is 55.5 Å². The third-order valence-corrected chi connectivity index (χ3v) is 4.72. The topological polar surface area (TPSA) is 53.8 Å². The van der Waals surface area contributed by atoms with Crippen molar-refractivity contribution >= 4 is 11.4 Å². The van der Waals surface area contributed by atoms with Gasteiger partial charge < -0.3 is 15.3 Å². The number of nitrogens with one attached hydrogen (secondary N) is 1. The van der Waals surface area contributed by atoms with Gasteiger partial charge in [0, 0.05) is 24.1 Å². The molecule has 2 fully saturated rings. The Bertz CT molecular complexity index is 552. The van der Waals surface area contributed by atoms with Gasteiger partial charge in [0.1, 0.15) is 12.7 Å². The zero-order chi connectivity index (χ0) is 17.2. The molecule has 0 bridgehead atoms. The summed E-state index contributed by atoms with van der Waals surface area (Å²) in [6.45, 7) is 7.32. The molecule has 24 heavy (non-hydrogen) atoms. The highest BCUT2D eigenvalue weighted by Gasteiger charge is 2.38. The average Bonchev–Trinajstić information content (AvgIpc) is 3.42. The van der Waals surface area contributed by atoms with Gasteiger partial charge in [0.15, 0.2) is 0 Å². The van der Waals surface area contributed by atoms with Gasteiger partial charge in [0.05, 0.1) is 5.71 Å². The number of rotatable bonds is 8. The molecule has 2 saturated carbocycles. The first-order valence-electron chi connectivity index (χ1n) is 9.15. The van der Waals surface area contributed by atoms with Gasteiger partial charge in [-0.1, -0.05) is 38.1 Å². The number of aliphatic hydroxyl groups excluding tert-OH is 1. The van der Waals surface area contributed by atoms with Crippen LogP contribution in [0.4, 0.5) is 5.69 Å². The Kier molecular flexibility index (Phi) is 5.14. The Hall–Kier alpha value is -1.55. The fraction of sp³-hybridized carbons (Fsp3) is 0.650. The summed E-state index contributed by atoms with van der Waals surface area (Å²) in [5, 5.41) is 17.6. The Morgan fingerprint density at radius 1 is 1.17 bits per heavy atom. The molecule has 132 valence electrons. The van der Waals surface area contributed by atoms with Crippen LogP contribution in [0.5, 0.6) is 0 Å². The van der Waals surface area contributed by atoms with Crippen molar-refractivity contribution in [1.82, 2.24) is 0 Å². The highest BCUT2D eigenvalue weighted by Crippen LogP contribution is 2.42. The first-order chi connectivity index (χ1) is 11.4. The fourth-order valence-electron chi connectivity index (χ4n) is 2.82. The molecule has 0 amide bonds. The average molecular weight is 330 g/mol. The van der Waals surface area contributed by atoms with Crippen molar-refractivity contribution in [3.05, 3.63) is 29.8 Å². The number of aliphatic hydroxyl groups is 1. The molecule has 2 aliphatic carbocycles. The maximum atomic E-state index is 10.1. The predicted molar refractivity (Wildman–Crippen MR) is 98.5 cm³/mol. The lowest BCUT2D eigenvalue weighted by Gasteiger charge is -2.19. The van der Waals surface area contributed by atoms with Crippen molar-refractivity contribution in [2.75, 3.05) is 18.5 Å². The highest BCUT2D eigenvalue weighted by molar-refractivity contribution is 5.92. The van der Waals surface area contributed by atoms with E-state index in [4.69, 9.17) is 4.84 Å². The summed E-state index contributed by atoms with van der Waals surface area (Å²) in [5.41, 5.74) is 3.72. The van der Waals surface area contributed by atoms with Crippen LogP contribution < -0.4 is 5.32 Å². The molecule has 2 aliphatic rings. The summed E-state index contributed by atoms with van der Waals surface area (Å²) in [6.07, 6.45) is 4.47. The maximum absolute atomic E-state index is 10.1. The van der Waals surface area contributed by atoms with Gasteiger partial charge in [-0.15, -0.1) is 0 Å². The van der Waals surface area contributed by atoms with Crippen LogP contribution in [0.2, 0.25) is 0 Å². The van der Waals surface area contributed by atoms with E-state index in [0.29, 0.717) is 18.4 Å². The molecule has 0 heterocycles. The molecule has 3 rings (SSSR count). The van der Waals surface area contributed by atoms with E-state index >= 15 is 0 Å². The first-order valence-corrected chi connectivity index (χ1v) is 9.15. The Labute approximate surface area is 145 Å². The maximum Gasteiger partial charge on any atom is 0.144 e.